The number of hydrogen-bond donors (Lipinski definition) is 1. The van der Waals surface area contributed by atoms with Crippen LogP contribution in [0.15, 0.2) is 18.3 Å². The van der Waals surface area contributed by atoms with Crippen molar-refractivity contribution in [1.29, 1.82) is 0 Å². The molecule has 2 heterocycles. The van der Waals surface area contributed by atoms with Gasteiger partial charge in [0.25, 0.3) is 5.69 Å². The van der Waals surface area contributed by atoms with Crippen LogP contribution < -0.4 is 10.6 Å². The molecule has 2 N–H and O–H groups in total. The third kappa shape index (κ3) is 3.46. The number of nitrogens with zero attached hydrogens (tertiary/aromatic N) is 4. The van der Waals surface area contributed by atoms with Crippen LogP contribution in [0.25, 0.3) is 0 Å². The molecule has 0 bridgehead atoms. The predicted molar refractivity (Wildman–Crippen MR) is 78.0 cm³/mol. The van der Waals surface area contributed by atoms with Crippen molar-refractivity contribution in [1.82, 2.24) is 9.88 Å². The fourth-order valence-electron chi connectivity index (χ4n) is 2.24. The zero-order valence-corrected chi connectivity index (χ0v) is 11.9. The first-order chi connectivity index (χ1) is 10.0. The molecule has 1 aromatic heterocycles. The van der Waals surface area contributed by atoms with E-state index in [0.717, 1.165) is 0 Å². The lowest BCUT2D eigenvalue weighted by Gasteiger charge is -2.36. The van der Waals surface area contributed by atoms with Gasteiger partial charge in [-0.2, -0.15) is 0 Å². The van der Waals surface area contributed by atoms with Gasteiger partial charge in [-0.25, -0.2) is 4.98 Å². The topological polar surface area (TPSA) is 106 Å². The molecule has 21 heavy (non-hydrogen) atoms. The summed E-state index contributed by atoms with van der Waals surface area (Å²) in [4.78, 5) is 30.0. The number of carbonyl (C=O) groups is 1. The van der Waals surface area contributed by atoms with E-state index in [9.17, 15) is 14.9 Å². The van der Waals surface area contributed by atoms with Crippen LogP contribution in [0.2, 0.25) is 0 Å². The van der Waals surface area contributed by atoms with Crippen molar-refractivity contribution in [3.63, 3.8) is 0 Å². The van der Waals surface area contributed by atoms with Gasteiger partial charge in [0, 0.05) is 32.2 Å². The average Bonchev–Trinajstić information content (AvgIpc) is 2.53. The number of nitrogens with two attached hydrogens (primary N) is 1. The third-order valence-corrected chi connectivity index (χ3v) is 3.62. The van der Waals surface area contributed by atoms with Crippen molar-refractivity contribution in [3.8, 4) is 0 Å². The quantitative estimate of drug-likeness (QED) is 0.635. The van der Waals surface area contributed by atoms with Crippen molar-refractivity contribution in [2.45, 2.75) is 19.4 Å². The van der Waals surface area contributed by atoms with E-state index in [0.29, 0.717) is 38.4 Å². The molecule has 1 atom stereocenters. The molecule has 114 valence electrons. The van der Waals surface area contributed by atoms with Gasteiger partial charge in [0.15, 0.2) is 0 Å². The zero-order valence-electron chi connectivity index (χ0n) is 11.9. The van der Waals surface area contributed by atoms with Gasteiger partial charge in [0.2, 0.25) is 5.91 Å². The molecular weight excluding hydrogens is 274 g/mol. The molecule has 8 heteroatoms. The molecular formula is C13H19N5O3. The summed E-state index contributed by atoms with van der Waals surface area (Å²) in [6, 6.07) is 2.63. The van der Waals surface area contributed by atoms with Crippen molar-refractivity contribution in [2.75, 3.05) is 31.1 Å². The van der Waals surface area contributed by atoms with Gasteiger partial charge < -0.3 is 15.5 Å². The van der Waals surface area contributed by atoms with Gasteiger partial charge in [-0.05, 0) is 12.5 Å². The standard InChI is InChI=1S/C13H19N5O3/c1-2-11(14)13(19)17-7-5-16(6-8-17)12-4-3-10(9-15-12)18(20)21/h3-4,9,11H,2,5-8,14H2,1H3/t11-/m1/s1. The van der Waals surface area contributed by atoms with Crippen molar-refractivity contribution >= 4 is 17.4 Å². The fourth-order valence-corrected chi connectivity index (χ4v) is 2.24. The minimum absolute atomic E-state index is 0.0196. The minimum atomic E-state index is -0.473. The van der Waals surface area contributed by atoms with E-state index in [1.807, 2.05) is 11.8 Å². The van der Waals surface area contributed by atoms with E-state index >= 15 is 0 Å². The maximum atomic E-state index is 12.0. The molecule has 1 aliphatic rings. The van der Waals surface area contributed by atoms with Crippen LogP contribution in [0.5, 0.6) is 0 Å². The maximum absolute atomic E-state index is 12.0. The van der Waals surface area contributed by atoms with Gasteiger partial charge in [-0.3, -0.25) is 14.9 Å². The minimum Gasteiger partial charge on any atom is -0.353 e. The lowest BCUT2D eigenvalue weighted by Crippen LogP contribution is -2.53. The Hall–Kier alpha value is -2.22. The van der Waals surface area contributed by atoms with Crippen LogP contribution in [0.4, 0.5) is 11.5 Å². The van der Waals surface area contributed by atoms with Gasteiger partial charge in [-0.1, -0.05) is 6.92 Å². The van der Waals surface area contributed by atoms with E-state index in [2.05, 4.69) is 4.98 Å². The molecule has 2 rings (SSSR count). The normalized spacial score (nSPS) is 16.7. The highest BCUT2D eigenvalue weighted by Crippen LogP contribution is 2.17. The van der Waals surface area contributed by atoms with E-state index in [1.165, 1.54) is 12.3 Å². The summed E-state index contributed by atoms with van der Waals surface area (Å²) in [5.74, 6) is 0.668. The Kier molecular flexibility index (Phi) is 4.69. The first-order valence-corrected chi connectivity index (χ1v) is 6.92. The molecule has 1 aromatic rings. The Morgan fingerprint density at radius 1 is 1.43 bits per heavy atom. The Morgan fingerprint density at radius 3 is 2.57 bits per heavy atom. The Balaban J connectivity index is 1.94. The fraction of sp³-hybridized carbons (Fsp3) is 0.538. The number of aromatic nitrogens is 1. The number of carbonyl (C=O) groups excluding carboxylic acids is 1. The van der Waals surface area contributed by atoms with E-state index in [-0.39, 0.29) is 11.6 Å². The summed E-state index contributed by atoms with van der Waals surface area (Å²) in [6.07, 6.45) is 1.88. The van der Waals surface area contributed by atoms with Gasteiger partial charge in [0.1, 0.15) is 12.0 Å². The molecule has 1 fully saturated rings. The number of nitro groups is 1. The monoisotopic (exact) mass is 293 g/mol. The summed E-state index contributed by atoms with van der Waals surface area (Å²) < 4.78 is 0. The van der Waals surface area contributed by atoms with E-state index in [1.54, 1.807) is 11.0 Å². The Bertz CT molecular complexity index is 511. The highest BCUT2D eigenvalue weighted by Gasteiger charge is 2.25. The van der Waals surface area contributed by atoms with Gasteiger partial charge >= 0.3 is 0 Å². The zero-order chi connectivity index (χ0) is 15.4. The van der Waals surface area contributed by atoms with Crippen molar-refractivity contribution in [3.05, 3.63) is 28.4 Å². The summed E-state index contributed by atoms with van der Waals surface area (Å²) in [6.45, 7) is 4.36. The SMILES string of the molecule is CC[C@@H](N)C(=O)N1CCN(c2ccc([N+](=O)[O-])cn2)CC1. The second-order valence-electron chi connectivity index (χ2n) is 4.96. The lowest BCUT2D eigenvalue weighted by atomic mass is 10.2. The Labute approximate surface area is 122 Å². The number of pyridine rings is 1. The highest BCUT2D eigenvalue weighted by atomic mass is 16.6. The summed E-state index contributed by atoms with van der Waals surface area (Å²) in [7, 11) is 0. The third-order valence-electron chi connectivity index (χ3n) is 3.62. The molecule has 0 aliphatic carbocycles. The van der Waals surface area contributed by atoms with Gasteiger partial charge in [0.05, 0.1) is 11.0 Å². The van der Waals surface area contributed by atoms with Gasteiger partial charge in [-0.15, -0.1) is 0 Å². The van der Waals surface area contributed by atoms with E-state index in [4.69, 9.17) is 5.73 Å². The largest absolute Gasteiger partial charge is 0.353 e. The number of hydrogen-bond acceptors (Lipinski definition) is 6. The second kappa shape index (κ2) is 6.49. The molecule has 0 radical (unpaired) electrons. The molecule has 0 spiro atoms. The van der Waals surface area contributed by atoms with Crippen LogP contribution in [-0.2, 0) is 4.79 Å². The number of amides is 1. The molecule has 8 nitrogen and oxygen atoms in total. The molecule has 0 unspecified atom stereocenters. The second-order valence-corrected chi connectivity index (χ2v) is 4.96. The molecule has 0 aromatic carbocycles. The number of anilines is 1. The molecule has 1 aliphatic heterocycles. The summed E-state index contributed by atoms with van der Waals surface area (Å²) in [5, 5.41) is 10.6. The van der Waals surface area contributed by atoms with Crippen LogP contribution in [0.3, 0.4) is 0 Å². The first-order valence-electron chi connectivity index (χ1n) is 6.92. The summed E-state index contributed by atoms with van der Waals surface area (Å²) in [5.41, 5.74) is 5.73. The van der Waals surface area contributed by atoms with E-state index < -0.39 is 11.0 Å². The summed E-state index contributed by atoms with van der Waals surface area (Å²) >= 11 is 0. The lowest BCUT2D eigenvalue weighted by molar-refractivity contribution is -0.385. The first kappa shape index (κ1) is 15.2. The average molecular weight is 293 g/mol. The smallest absolute Gasteiger partial charge is 0.287 e. The maximum Gasteiger partial charge on any atom is 0.287 e. The highest BCUT2D eigenvalue weighted by molar-refractivity contribution is 5.81. The molecule has 1 amide bonds. The molecule has 1 saturated heterocycles. The molecule has 0 saturated carbocycles. The van der Waals surface area contributed by atoms with Crippen LogP contribution in [0, 0.1) is 10.1 Å². The van der Waals surface area contributed by atoms with Crippen molar-refractivity contribution in [2.24, 2.45) is 5.73 Å². The number of piperazine rings is 1. The van der Waals surface area contributed by atoms with Crippen LogP contribution >= 0.6 is 0 Å². The van der Waals surface area contributed by atoms with Crippen LogP contribution in [-0.4, -0.2) is 52.9 Å². The predicted octanol–water partition coefficient (Wildman–Crippen LogP) is 0.376. The van der Waals surface area contributed by atoms with Crippen LogP contribution in [0.1, 0.15) is 13.3 Å². The number of rotatable bonds is 4. The van der Waals surface area contributed by atoms with Crippen molar-refractivity contribution < 1.29 is 9.72 Å². The Morgan fingerprint density at radius 2 is 2.10 bits per heavy atom.